The van der Waals surface area contributed by atoms with E-state index in [1.165, 1.54) is 11.1 Å². The van der Waals surface area contributed by atoms with Crippen molar-refractivity contribution in [2.75, 3.05) is 67.1 Å². The predicted octanol–water partition coefficient (Wildman–Crippen LogP) is 0.801. The summed E-state index contributed by atoms with van der Waals surface area (Å²) < 4.78 is 10.9. The third-order valence-corrected chi connectivity index (χ3v) is 5.76. The summed E-state index contributed by atoms with van der Waals surface area (Å²) in [5.74, 6) is 2.64. The van der Waals surface area contributed by atoms with Gasteiger partial charge in [0.05, 0.1) is 14.2 Å². The molecule has 8 heteroatoms. The first-order valence-corrected chi connectivity index (χ1v) is 10.2. The molecule has 1 fully saturated rings. The van der Waals surface area contributed by atoms with Crippen molar-refractivity contribution in [3.8, 4) is 11.5 Å². The molecule has 29 heavy (non-hydrogen) atoms. The zero-order chi connectivity index (χ0) is 20.8. The van der Waals surface area contributed by atoms with E-state index in [1.807, 2.05) is 11.9 Å². The lowest BCUT2D eigenvalue weighted by molar-refractivity contribution is -0.130. The number of aliphatic imine (C=N–C) groups is 1. The second kappa shape index (κ2) is 9.82. The average molecular weight is 404 g/mol. The monoisotopic (exact) mass is 403 g/mol. The first-order valence-electron chi connectivity index (χ1n) is 10.2. The molecule has 0 atom stereocenters. The largest absolute Gasteiger partial charge is 0.493 e. The fraction of sp³-hybridized carbons (Fsp3) is 0.619. The number of carbonyl (C=O) groups is 1. The minimum atomic E-state index is 0.169. The van der Waals surface area contributed by atoms with E-state index in [1.54, 1.807) is 21.1 Å². The molecule has 1 aromatic carbocycles. The minimum Gasteiger partial charge on any atom is -0.493 e. The first kappa shape index (κ1) is 21.2. The molecule has 2 aliphatic heterocycles. The predicted molar refractivity (Wildman–Crippen MR) is 114 cm³/mol. The smallest absolute Gasteiger partial charge is 0.219 e. The molecule has 0 radical (unpaired) electrons. The Morgan fingerprint density at radius 1 is 1.03 bits per heavy atom. The molecule has 0 aromatic heterocycles. The fourth-order valence-electron chi connectivity index (χ4n) is 4.01. The summed E-state index contributed by atoms with van der Waals surface area (Å²) >= 11 is 0. The molecule has 3 rings (SSSR count). The van der Waals surface area contributed by atoms with Crippen LogP contribution in [0.15, 0.2) is 17.1 Å². The van der Waals surface area contributed by atoms with Crippen molar-refractivity contribution in [1.29, 1.82) is 0 Å². The lowest BCUT2D eigenvalue weighted by atomic mass is 9.99. The molecular formula is C21H33N5O3. The third-order valence-electron chi connectivity index (χ3n) is 5.76. The summed E-state index contributed by atoms with van der Waals surface area (Å²) in [6.45, 7) is 8.63. The fourth-order valence-corrected chi connectivity index (χ4v) is 4.01. The molecule has 1 aromatic rings. The quantitative estimate of drug-likeness (QED) is 0.579. The molecule has 2 heterocycles. The van der Waals surface area contributed by atoms with Gasteiger partial charge >= 0.3 is 0 Å². The maximum atomic E-state index is 11.4. The van der Waals surface area contributed by atoms with Gasteiger partial charge < -0.3 is 24.6 Å². The lowest BCUT2D eigenvalue weighted by Gasteiger charge is -2.35. The maximum absolute atomic E-state index is 11.4. The molecular weight excluding hydrogens is 370 g/mol. The van der Waals surface area contributed by atoms with Crippen LogP contribution >= 0.6 is 0 Å². The molecule has 0 spiro atoms. The van der Waals surface area contributed by atoms with Crippen molar-refractivity contribution in [3.63, 3.8) is 0 Å². The van der Waals surface area contributed by atoms with Crippen molar-refractivity contribution in [1.82, 2.24) is 20.0 Å². The van der Waals surface area contributed by atoms with Crippen molar-refractivity contribution < 1.29 is 14.3 Å². The van der Waals surface area contributed by atoms with Crippen LogP contribution in [0.4, 0.5) is 0 Å². The van der Waals surface area contributed by atoms with Crippen LogP contribution in [0.5, 0.6) is 11.5 Å². The summed E-state index contributed by atoms with van der Waals surface area (Å²) in [6, 6.07) is 4.16. The summed E-state index contributed by atoms with van der Waals surface area (Å²) in [7, 11) is 5.17. The van der Waals surface area contributed by atoms with Crippen LogP contribution in [0, 0.1) is 0 Å². The molecule has 1 N–H and O–H groups in total. The number of methoxy groups -OCH3 is 2. The summed E-state index contributed by atoms with van der Waals surface area (Å²) in [5, 5.41) is 3.50. The number of ether oxygens (including phenoxy) is 2. The second-order valence-electron chi connectivity index (χ2n) is 7.47. The highest BCUT2D eigenvalue weighted by Crippen LogP contribution is 2.33. The highest BCUT2D eigenvalue weighted by Gasteiger charge is 2.22. The van der Waals surface area contributed by atoms with Gasteiger partial charge in [0, 0.05) is 66.3 Å². The van der Waals surface area contributed by atoms with Crippen LogP contribution in [0.25, 0.3) is 0 Å². The van der Waals surface area contributed by atoms with Crippen molar-refractivity contribution in [2.45, 2.75) is 19.9 Å². The average Bonchev–Trinajstić information content (AvgIpc) is 2.75. The van der Waals surface area contributed by atoms with Gasteiger partial charge in [-0.3, -0.25) is 14.7 Å². The van der Waals surface area contributed by atoms with E-state index < -0.39 is 0 Å². The van der Waals surface area contributed by atoms with Crippen LogP contribution in [0.1, 0.15) is 18.1 Å². The maximum Gasteiger partial charge on any atom is 0.219 e. The Morgan fingerprint density at radius 3 is 2.28 bits per heavy atom. The zero-order valence-electron chi connectivity index (χ0n) is 18.0. The number of rotatable bonds is 5. The Labute approximate surface area is 173 Å². The summed E-state index contributed by atoms with van der Waals surface area (Å²) in [5.41, 5.74) is 2.55. The number of piperazine rings is 1. The highest BCUT2D eigenvalue weighted by atomic mass is 16.5. The van der Waals surface area contributed by atoms with Crippen molar-refractivity contribution in [2.24, 2.45) is 4.99 Å². The topological polar surface area (TPSA) is 69.6 Å². The zero-order valence-corrected chi connectivity index (χ0v) is 18.0. The lowest BCUT2D eigenvalue weighted by Crippen LogP contribution is -2.51. The molecule has 0 saturated carbocycles. The van der Waals surface area contributed by atoms with Crippen LogP contribution in [-0.2, 0) is 17.8 Å². The third kappa shape index (κ3) is 5.12. The van der Waals surface area contributed by atoms with Gasteiger partial charge in [-0.2, -0.15) is 0 Å². The Balaban J connectivity index is 1.52. The van der Waals surface area contributed by atoms with Gasteiger partial charge in [-0.1, -0.05) is 0 Å². The Bertz CT molecular complexity index is 744. The molecule has 0 aliphatic carbocycles. The number of carbonyl (C=O) groups excluding carboxylic acids is 1. The standard InChI is InChI=1S/C21H33N5O3/c1-16(27)25-11-9-24(10-12-25)8-6-23-21(22-2)26-7-5-17-13-19(28-3)20(29-4)14-18(17)15-26/h13-14H,5-12,15H2,1-4H3,(H,22,23). The number of guanidine groups is 1. The molecule has 1 amide bonds. The van der Waals surface area contributed by atoms with Gasteiger partial charge in [-0.25, -0.2) is 0 Å². The first-order chi connectivity index (χ1) is 14.0. The molecule has 8 nitrogen and oxygen atoms in total. The number of amides is 1. The molecule has 160 valence electrons. The van der Waals surface area contributed by atoms with E-state index in [4.69, 9.17) is 9.47 Å². The van der Waals surface area contributed by atoms with Gasteiger partial charge in [0.15, 0.2) is 17.5 Å². The van der Waals surface area contributed by atoms with E-state index in [-0.39, 0.29) is 5.91 Å². The highest BCUT2D eigenvalue weighted by molar-refractivity contribution is 5.80. The van der Waals surface area contributed by atoms with Gasteiger partial charge in [0.2, 0.25) is 5.91 Å². The van der Waals surface area contributed by atoms with E-state index in [9.17, 15) is 4.79 Å². The van der Waals surface area contributed by atoms with Crippen molar-refractivity contribution in [3.05, 3.63) is 23.3 Å². The number of fused-ring (bicyclic) bond motifs is 1. The number of hydrogen-bond acceptors (Lipinski definition) is 5. The molecule has 1 saturated heterocycles. The minimum absolute atomic E-state index is 0.169. The normalized spacial score (nSPS) is 17.7. The Morgan fingerprint density at radius 2 is 1.69 bits per heavy atom. The van der Waals surface area contributed by atoms with Crippen LogP contribution < -0.4 is 14.8 Å². The molecule has 2 aliphatic rings. The summed E-state index contributed by atoms with van der Waals surface area (Å²) in [6.07, 6.45) is 0.948. The molecule has 0 unspecified atom stereocenters. The number of hydrogen-bond donors (Lipinski definition) is 1. The van der Waals surface area contributed by atoms with Crippen LogP contribution in [-0.4, -0.2) is 93.6 Å². The van der Waals surface area contributed by atoms with Crippen molar-refractivity contribution >= 4 is 11.9 Å². The van der Waals surface area contributed by atoms with Gasteiger partial charge in [-0.05, 0) is 29.7 Å². The number of nitrogens with zero attached hydrogens (tertiary/aromatic N) is 4. The number of nitrogens with one attached hydrogen (secondary N) is 1. The van der Waals surface area contributed by atoms with Crippen LogP contribution in [0.2, 0.25) is 0 Å². The van der Waals surface area contributed by atoms with E-state index >= 15 is 0 Å². The summed E-state index contributed by atoms with van der Waals surface area (Å²) in [4.78, 5) is 22.5. The Kier molecular flexibility index (Phi) is 7.19. The SMILES string of the molecule is CN=C(NCCN1CCN(C(C)=O)CC1)N1CCc2cc(OC)c(OC)cc2C1. The van der Waals surface area contributed by atoms with Gasteiger partial charge in [-0.15, -0.1) is 0 Å². The van der Waals surface area contributed by atoms with E-state index in [0.717, 1.165) is 76.2 Å². The van der Waals surface area contributed by atoms with Crippen LogP contribution in [0.3, 0.4) is 0 Å². The van der Waals surface area contributed by atoms with Gasteiger partial charge in [0.1, 0.15) is 0 Å². The molecule has 0 bridgehead atoms. The van der Waals surface area contributed by atoms with E-state index in [2.05, 4.69) is 32.2 Å². The second-order valence-corrected chi connectivity index (χ2v) is 7.47. The Hall–Kier alpha value is -2.48. The van der Waals surface area contributed by atoms with Gasteiger partial charge in [0.25, 0.3) is 0 Å². The van der Waals surface area contributed by atoms with E-state index in [0.29, 0.717) is 0 Å². The number of benzene rings is 1.